The van der Waals surface area contributed by atoms with Gasteiger partial charge in [0.15, 0.2) is 5.76 Å². The Morgan fingerprint density at radius 1 is 1.05 bits per heavy atom. The minimum Gasteiger partial charge on any atom is -0.489 e. The molecular formula is C29H24N6O3. The quantitative estimate of drug-likeness (QED) is 0.304. The van der Waals surface area contributed by atoms with Crippen molar-refractivity contribution in [2.24, 2.45) is 0 Å². The summed E-state index contributed by atoms with van der Waals surface area (Å²) in [6.45, 7) is 2.32. The van der Waals surface area contributed by atoms with E-state index in [0.29, 0.717) is 41.1 Å². The number of hydrogen-bond donors (Lipinski definition) is 2. The molecule has 4 heterocycles. The topological polar surface area (TPSA) is 107 Å². The first-order valence-corrected chi connectivity index (χ1v) is 12.1. The van der Waals surface area contributed by atoms with Crippen LogP contribution < -0.4 is 15.4 Å². The molecule has 5 aromatic rings. The number of carbonyl (C=O) groups excluding carboxylic acids is 1. The van der Waals surface area contributed by atoms with Crippen LogP contribution in [0.2, 0.25) is 0 Å². The number of anilines is 2. The number of nitrogens with one attached hydrogen (secondary N) is 2. The standard InChI is InChI=1S/C29H24N6O3/c1-19-25(28(36)32-22-9-5-15-30-17-22)26(35-29(31-19)33-27(34-35)24-10-6-16-37-24)21-11-13-23(14-12-21)38-18-20-7-3-2-4-8-20/h2-17,26H,18H2,1H3,(H,32,36)(H,31,33,34). The molecular weight excluding hydrogens is 480 g/mol. The normalized spacial score (nSPS) is 14.5. The van der Waals surface area contributed by atoms with E-state index in [1.165, 1.54) is 0 Å². The summed E-state index contributed by atoms with van der Waals surface area (Å²) >= 11 is 0. The summed E-state index contributed by atoms with van der Waals surface area (Å²) in [7, 11) is 0. The average Bonchev–Trinajstić information content (AvgIpc) is 3.63. The predicted octanol–water partition coefficient (Wildman–Crippen LogP) is 5.44. The van der Waals surface area contributed by atoms with Gasteiger partial charge in [-0.1, -0.05) is 42.5 Å². The van der Waals surface area contributed by atoms with Crippen molar-refractivity contribution in [3.63, 3.8) is 0 Å². The van der Waals surface area contributed by atoms with E-state index in [1.54, 1.807) is 47.6 Å². The van der Waals surface area contributed by atoms with Crippen molar-refractivity contribution in [2.75, 3.05) is 10.6 Å². The van der Waals surface area contributed by atoms with E-state index in [9.17, 15) is 4.79 Å². The lowest BCUT2D eigenvalue weighted by Crippen LogP contribution is -2.31. The van der Waals surface area contributed by atoms with Crippen LogP contribution in [0.25, 0.3) is 11.6 Å². The zero-order valence-corrected chi connectivity index (χ0v) is 20.5. The van der Waals surface area contributed by atoms with Crippen LogP contribution in [0.5, 0.6) is 5.75 Å². The molecule has 1 amide bonds. The molecule has 0 fully saturated rings. The van der Waals surface area contributed by atoms with Crippen molar-refractivity contribution >= 4 is 17.5 Å². The number of hydrogen-bond acceptors (Lipinski definition) is 7. The molecule has 1 aliphatic heterocycles. The molecule has 3 aromatic heterocycles. The fraction of sp³-hybridized carbons (Fsp3) is 0.103. The van der Waals surface area contributed by atoms with Crippen LogP contribution in [0.3, 0.4) is 0 Å². The van der Waals surface area contributed by atoms with Crippen LogP contribution in [0, 0.1) is 0 Å². The average molecular weight is 505 g/mol. The zero-order chi connectivity index (χ0) is 25.9. The summed E-state index contributed by atoms with van der Waals surface area (Å²) in [6.07, 6.45) is 4.84. The van der Waals surface area contributed by atoms with Crippen molar-refractivity contribution < 1.29 is 13.9 Å². The van der Waals surface area contributed by atoms with Crippen molar-refractivity contribution in [1.29, 1.82) is 0 Å². The van der Waals surface area contributed by atoms with Gasteiger partial charge in [-0.15, -0.1) is 5.10 Å². The molecule has 0 saturated heterocycles. The zero-order valence-electron chi connectivity index (χ0n) is 20.5. The number of rotatable bonds is 7. The van der Waals surface area contributed by atoms with Gasteiger partial charge >= 0.3 is 0 Å². The lowest BCUT2D eigenvalue weighted by atomic mass is 9.95. The molecule has 9 heteroatoms. The van der Waals surface area contributed by atoms with Gasteiger partial charge in [-0.3, -0.25) is 9.78 Å². The lowest BCUT2D eigenvalue weighted by molar-refractivity contribution is -0.113. The Morgan fingerprint density at radius 3 is 2.63 bits per heavy atom. The molecule has 2 N–H and O–H groups in total. The number of allylic oxidation sites excluding steroid dienone is 1. The summed E-state index contributed by atoms with van der Waals surface area (Å²) in [5.41, 5.74) is 3.72. The van der Waals surface area contributed by atoms with E-state index in [0.717, 1.165) is 16.9 Å². The first-order valence-electron chi connectivity index (χ1n) is 12.1. The molecule has 1 atom stereocenters. The maximum absolute atomic E-state index is 13.6. The highest BCUT2D eigenvalue weighted by Crippen LogP contribution is 2.37. The van der Waals surface area contributed by atoms with Crippen molar-refractivity contribution in [3.05, 3.63) is 120 Å². The van der Waals surface area contributed by atoms with E-state index in [-0.39, 0.29) is 5.91 Å². The number of fused-ring (bicyclic) bond motifs is 1. The van der Waals surface area contributed by atoms with E-state index in [1.807, 2.05) is 61.5 Å². The number of pyridine rings is 1. The summed E-state index contributed by atoms with van der Waals surface area (Å²) < 4.78 is 13.2. The molecule has 6 rings (SSSR count). The van der Waals surface area contributed by atoms with Gasteiger partial charge < -0.3 is 19.8 Å². The Kier molecular flexibility index (Phi) is 6.15. The van der Waals surface area contributed by atoms with Gasteiger partial charge in [0.2, 0.25) is 11.8 Å². The van der Waals surface area contributed by atoms with E-state index >= 15 is 0 Å². The van der Waals surface area contributed by atoms with Gasteiger partial charge in [-0.05, 0) is 54.4 Å². The number of ether oxygens (including phenoxy) is 1. The molecule has 2 aromatic carbocycles. The maximum atomic E-state index is 13.6. The maximum Gasteiger partial charge on any atom is 0.255 e. The molecule has 1 unspecified atom stereocenters. The van der Waals surface area contributed by atoms with Crippen molar-refractivity contribution in [3.8, 4) is 17.3 Å². The lowest BCUT2D eigenvalue weighted by Gasteiger charge is -2.28. The summed E-state index contributed by atoms with van der Waals surface area (Å²) in [6, 6.07) is 24.3. The smallest absolute Gasteiger partial charge is 0.255 e. The first kappa shape index (κ1) is 23.2. The third-order valence-electron chi connectivity index (χ3n) is 6.20. The molecule has 38 heavy (non-hydrogen) atoms. The second-order valence-electron chi connectivity index (χ2n) is 8.79. The van der Waals surface area contributed by atoms with Crippen molar-refractivity contribution in [2.45, 2.75) is 19.6 Å². The Hall–Kier alpha value is -5.18. The van der Waals surface area contributed by atoms with Gasteiger partial charge in [0.25, 0.3) is 5.91 Å². The van der Waals surface area contributed by atoms with E-state index in [4.69, 9.17) is 14.3 Å². The highest BCUT2D eigenvalue weighted by Gasteiger charge is 2.34. The minimum absolute atomic E-state index is 0.266. The number of amides is 1. The number of nitrogens with zero attached hydrogens (tertiary/aromatic N) is 4. The summed E-state index contributed by atoms with van der Waals surface area (Å²) in [4.78, 5) is 22.3. The first-order chi connectivity index (χ1) is 18.7. The minimum atomic E-state index is -0.540. The van der Waals surface area contributed by atoms with Crippen LogP contribution in [-0.4, -0.2) is 25.7 Å². The molecule has 0 saturated carbocycles. The Balaban J connectivity index is 1.34. The number of carbonyl (C=O) groups is 1. The molecule has 9 nitrogen and oxygen atoms in total. The molecule has 0 radical (unpaired) electrons. The van der Waals surface area contributed by atoms with Gasteiger partial charge in [0.1, 0.15) is 18.4 Å². The van der Waals surface area contributed by atoms with Crippen LogP contribution in [0.4, 0.5) is 11.6 Å². The Bertz CT molecular complexity index is 1580. The summed E-state index contributed by atoms with van der Waals surface area (Å²) in [5, 5.41) is 10.9. The van der Waals surface area contributed by atoms with Crippen LogP contribution in [-0.2, 0) is 11.4 Å². The Morgan fingerprint density at radius 2 is 1.89 bits per heavy atom. The second-order valence-corrected chi connectivity index (χ2v) is 8.79. The number of aromatic nitrogens is 4. The van der Waals surface area contributed by atoms with Crippen molar-refractivity contribution in [1.82, 2.24) is 19.7 Å². The highest BCUT2D eigenvalue weighted by molar-refractivity contribution is 6.05. The Labute approximate surface area is 218 Å². The molecule has 188 valence electrons. The molecule has 0 aliphatic carbocycles. The SMILES string of the molecule is CC1=C(C(=O)Nc2cccnc2)C(c2ccc(OCc3ccccc3)cc2)n2nc(-c3ccco3)nc2N1. The van der Waals surface area contributed by atoms with Gasteiger partial charge in [-0.2, -0.15) is 4.98 Å². The van der Waals surface area contributed by atoms with Crippen LogP contribution in [0.15, 0.2) is 113 Å². The third-order valence-corrected chi connectivity index (χ3v) is 6.20. The largest absolute Gasteiger partial charge is 0.489 e. The van der Waals surface area contributed by atoms with Crippen LogP contribution in [0.1, 0.15) is 24.1 Å². The van der Waals surface area contributed by atoms with E-state index in [2.05, 4.69) is 20.6 Å². The third kappa shape index (κ3) is 4.64. The molecule has 0 bridgehead atoms. The fourth-order valence-corrected chi connectivity index (χ4v) is 4.39. The monoisotopic (exact) mass is 504 g/mol. The molecule has 0 spiro atoms. The fourth-order valence-electron chi connectivity index (χ4n) is 4.39. The number of furan rings is 1. The van der Waals surface area contributed by atoms with E-state index < -0.39 is 6.04 Å². The number of benzene rings is 2. The van der Waals surface area contributed by atoms with Crippen LogP contribution >= 0.6 is 0 Å². The molecule has 1 aliphatic rings. The second kappa shape index (κ2) is 10.1. The van der Waals surface area contributed by atoms with Gasteiger partial charge in [0, 0.05) is 11.9 Å². The van der Waals surface area contributed by atoms with Gasteiger partial charge in [0.05, 0.1) is 23.7 Å². The van der Waals surface area contributed by atoms with Gasteiger partial charge in [-0.25, -0.2) is 4.68 Å². The summed E-state index contributed by atoms with van der Waals surface area (Å²) in [5.74, 6) is 1.94. The highest BCUT2D eigenvalue weighted by atomic mass is 16.5. The predicted molar refractivity (Wildman–Crippen MR) is 142 cm³/mol.